The van der Waals surface area contributed by atoms with Gasteiger partial charge in [0.15, 0.2) is 0 Å². The summed E-state index contributed by atoms with van der Waals surface area (Å²) in [6.07, 6.45) is 6.95. The summed E-state index contributed by atoms with van der Waals surface area (Å²) in [7, 11) is 2.03. The Balaban J connectivity index is 2.09. The first-order valence-corrected chi connectivity index (χ1v) is 4.76. The van der Waals surface area contributed by atoms with E-state index in [9.17, 15) is 4.79 Å². The summed E-state index contributed by atoms with van der Waals surface area (Å²) in [5.74, 6) is -0.0136. The van der Waals surface area contributed by atoms with Gasteiger partial charge in [0.1, 0.15) is 0 Å². The molecule has 1 N–H and O–H groups in total. The Morgan fingerprint density at radius 1 is 1.62 bits per heavy atom. The Morgan fingerprint density at radius 2 is 2.31 bits per heavy atom. The van der Waals surface area contributed by atoms with Gasteiger partial charge in [-0.2, -0.15) is 0 Å². The number of carboxylic acid groups (broad SMARTS) is 1. The molecule has 0 aliphatic heterocycles. The molecule has 3 heteroatoms. The van der Waals surface area contributed by atoms with Crippen LogP contribution in [0.1, 0.15) is 19.3 Å². The van der Waals surface area contributed by atoms with Gasteiger partial charge in [-0.25, -0.2) is 4.79 Å². The zero-order valence-corrected chi connectivity index (χ0v) is 8.07. The number of likely N-dealkylation sites (N-methyl/N-ethyl adjacent to an activating group) is 1. The Bertz CT molecular complexity index is 197. The number of carboxylic acids is 1. The molecule has 74 valence electrons. The van der Waals surface area contributed by atoms with Crippen LogP contribution >= 0.6 is 0 Å². The third-order valence-corrected chi connectivity index (χ3v) is 2.47. The molecule has 0 aromatic rings. The number of nitrogens with zero attached hydrogens (tertiary/aromatic N) is 1. The van der Waals surface area contributed by atoms with Crippen LogP contribution in [0, 0.1) is 5.92 Å². The molecule has 0 atom stereocenters. The van der Waals surface area contributed by atoms with Crippen LogP contribution in [0.4, 0.5) is 0 Å². The van der Waals surface area contributed by atoms with E-state index in [-0.39, 0.29) is 0 Å². The summed E-state index contributed by atoms with van der Waals surface area (Å²) < 4.78 is 0. The third kappa shape index (κ3) is 4.08. The molecule has 0 saturated heterocycles. The first-order valence-electron chi connectivity index (χ1n) is 4.76. The monoisotopic (exact) mass is 183 g/mol. The number of rotatable bonds is 5. The van der Waals surface area contributed by atoms with E-state index in [1.54, 1.807) is 6.08 Å². The number of aliphatic carboxylic acids is 1. The van der Waals surface area contributed by atoms with Crippen LogP contribution in [0.5, 0.6) is 0 Å². The van der Waals surface area contributed by atoms with Crippen molar-refractivity contribution >= 4 is 5.97 Å². The molecule has 0 spiro atoms. The van der Waals surface area contributed by atoms with Crippen molar-refractivity contribution < 1.29 is 9.90 Å². The van der Waals surface area contributed by atoms with Gasteiger partial charge in [0.2, 0.25) is 0 Å². The largest absolute Gasteiger partial charge is 0.478 e. The second kappa shape index (κ2) is 5.02. The van der Waals surface area contributed by atoms with E-state index in [2.05, 4.69) is 4.90 Å². The van der Waals surface area contributed by atoms with Crippen molar-refractivity contribution in [3.63, 3.8) is 0 Å². The highest BCUT2D eigenvalue weighted by Gasteiger charge is 2.18. The maximum Gasteiger partial charge on any atom is 0.328 e. The summed E-state index contributed by atoms with van der Waals surface area (Å²) in [5, 5.41) is 8.36. The average molecular weight is 183 g/mol. The van der Waals surface area contributed by atoms with Crippen LogP contribution in [0.25, 0.3) is 0 Å². The molecular formula is C10H17NO2. The van der Waals surface area contributed by atoms with Gasteiger partial charge in [-0.05, 0) is 25.8 Å². The number of hydrogen-bond acceptors (Lipinski definition) is 2. The topological polar surface area (TPSA) is 40.5 Å². The SMILES string of the molecule is CN(C/C=C/C(=O)O)CC1CCC1. The molecule has 0 amide bonds. The lowest BCUT2D eigenvalue weighted by Gasteiger charge is -2.29. The zero-order valence-electron chi connectivity index (χ0n) is 8.07. The van der Waals surface area contributed by atoms with E-state index < -0.39 is 5.97 Å². The van der Waals surface area contributed by atoms with Crippen LogP contribution in [-0.4, -0.2) is 36.1 Å². The number of carbonyl (C=O) groups is 1. The van der Waals surface area contributed by atoms with E-state index in [0.717, 1.165) is 19.0 Å². The molecule has 1 aliphatic carbocycles. The van der Waals surface area contributed by atoms with Crippen LogP contribution in [0.15, 0.2) is 12.2 Å². The van der Waals surface area contributed by atoms with Crippen molar-refractivity contribution in [1.82, 2.24) is 4.90 Å². The normalized spacial score (nSPS) is 18.0. The standard InChI is InChI=1S/C10H17NO2/c1-11(7-3-6-10(12)13)8-9-4-2-5-9/h3,6,9H,2,4-5,7-8H2,1H3,(H,12,13)/b6-3+. The minimum atomic E-state index is -0.864. The predicted octanol–water partition coefficient (Wildman–Crippen LogP) is 1.36. The first-order chi connectivity index (χ1) is 6.18. The zero-order chi connectivity index (χ0) is 9.68. The summed E-state index contributed by atoms with van der Waals surface area (Å²) in [4.78, 5) is 12.3. The van der Waals surface area contributed by atoms with Crippen molar-refractivity contribution in [3.8, 4) is 0 Å². The molecule has 0 radical (unpaired) electrons. The average Bonchev–Trinajstić information content (AvgIpc) is 1.96. The van der Waals surface area contributed by atoms with Gasteiger partial charge in [0.05, 0.1) is 0 Å². The third-order valence-electron chi connectivity index (χ3n) is 2.47. The van der Waals surface area contributed by atoms with Gasteiger partial charge in [-0.3, -0.25) is 0 Å². The molecule has 0 unspecified atom stereocenters. The Kier molecular flexibility index (Phi) is 3.96. The van der Waals surface area contributed by atoms with Crippen LogP contribution in [0.2, 0.25) is 0 Å². The molecule has 1 saturated carbocycles. The van der Waals surface area contributed by atoms with Crippen LogP contribution < -0.4 is 0 Å². The minimum Gasteiger partial charge on any atom is -0.478 e. The molecule has 0 aromatic carbocycles. The van der Waals surface area contributed by atoms with Crippen molar-refractivity contribution in [2.75, 3.05) is 20.1 Å². The molecule has 1 aliphatic rings. The van der Waals surface area contributed by atoms with Gasteiger partial charge in [0, 0.05) is 19.2 Å². The van der Waals surface area contributed by atoms with Crippen LogP contribution in [-0.2, 0) is 4.79 Å². The highest BCUT2D eigenvalue weighted by atomic mass is 16.4. The molecule has 1 rings (SSSR count). The van der Waals surface area contributed by atoms with E-state index in [1.807, 2.05) is 7.05 Å². The van der Waals surface area contributed by atoms with Crippen molar-refractivity contribution in [1.29, 1.82) is 0 Å². The molecular weight excluding hydrogens is 166 g/mol. The van der Waals surface area contributed by atoms with Gasteiger partial charge in [0.25, 0.3) is 0 Å². The van der Waals surface area contributed by atoms with E-state index in [1.165, 1.54) is 25.3 Å². The van der Waals surface area contributed by atoms with Gasteiger partial charge in [-0.15, -0.1) is 0 Å². The first kappa shape index (κ1) is 10.3. The summed E-state index contributed by atoms with van der Waals surface area (Å²) in [6.45, 7) is 1.84. The summed E-state index contributed by atoms with van der Waals surface area (Å²) >= 11 is 0. The molecule has 0 bridgehead atoms. The Hall–Kier alpha value is -0.830. The van der Waals surface area contributed by atoms with E-state index in [0.29, 0.717) is 0 Å². The molecule has 0 heterocycles. The lowest BCUT2D eigenvalue weighted by Crippen LogP contribution is -2.29. The van der Waals surface area contributed by atoms with Crippen molar-refractivity contribution in [2.24, 2.45) is 5.92 Å². The predicted molar refractivity (Wildman–Crippen MR) is 51.6 cm³/mol. The summed E-state index contributed by atoms with van der Waals surface area (Å²) in [6, 6.07) is 0. The van der Waals surface area contributed by atoms with E-state index >= 15 is 0 Å². The lowest BCUT2D eigenvalue weighted by molar-refractivity contribution is -0.131. The molecule has 0 aromatic heterocycles. The van der Waals surface area contributed by atoms with E-state index in [4.69, 9.17) is 5.11 Å². The van der Waals surface area contributed by atoms with Gasteiger partial charge in [-0.1, -0.05) is 12.5 Å². The highest BCUT2D eigenvalue weighted by Crippen LogP contribution is 2.26. The Morgan fingerprint density at radius 3 is 2.77 bits per heavy atom. The fourth-order valence-corrected chi connectivity index (χ4v) is 1.52. The smallest absolute Gasteiger partial charge is 0.328 e. The highest BCUT2D eigenvalue weighted by molar-refractivity contribution is 5.79. The second-order valence-electron chi connectivity index (χ2n) is 3.76. The summed E-state index contributed by atoms with van der Waals surface area (Å²) in [5.41, 5.74) is 0. The quantitative estimate of drug-likeness (QED) is 0.654. The van der Waals surface area contributed by atoms with Crippen molar-refractivity contribution in [2.45, 2.75) is 19.3 Å². The minimum absolute atomic E-state index is 0.739. The Labute approximate surface area is 79.0 Å². The van der Waals surface area contributed by atoms with Gasteiger partial charge < -0.3 is 10.0 Å². The maximum atomic E-state index is 10.2. The maximum absolute atomic E-state index is 10.2. The van der Waals surface area contributed by atoms with Crippen LogP contribution in [0.3, 0.4) is 0 Å². The fraction of sp³-hybridized carbons (Fsp3) is 0.700. The van der Waals surface area contributed by atoms with Gasteiger partial charge >= 0.3 is 5.97 Å². The number of hydrogen-bond donors (Lipinski definition) is 1. The van der Waals surface area contributed by atoms with Crippen molar-refractivity contribution in [3.05, 3.63) is 12.2 Å². The lowest BCUT2D eigenvalue weighted by atomic mass is 9.85. The fourth-order valence-electron chi connectivity index (χ4n) is 1.52. The molecule has 3 nitrogen and oxygen atoms in total. The molecule has 1 fully saturated rings. The molecule has 13 heavy (non-hydrogen) atoms. The second-order valence-corrected chi connectivity index (χ2v) is 3.76.